The van der Waals surface area contributed by atoms with Gasteiger partial charge in [0.2, 0.25) is 0 Å². The molecule has 166 valence electrons. The first-order valence-corrected chi connectivity index (χ1v) is 10.5. The number of aromatic carboxylic acids is 1. The minimum absolute atomic E-state index is 0.136. The van der Waals surface area contributed by atoms with Gasteiger partial charge in [-0.05, 0) is 56.4 Å². The molecule has 0 aliphatic rings. The quantitative estimate of drug-likeness (QED) is 0.374. The molecule has 0 atom stereocenters. The Hall–Kier alpha value is -1.92. The number of aliphatic hydroxyl groups is 1. The number of rotatable bonds is 12. The Morgan fingerprint density at radius 3 is 1.86 bits per heavy atom. The van der Waals surface area contributed by atoms with Crippen molar-refractivity contribution < 1.29 is 29.3 Å². The molecule has 1 aromatic rings. The van der Waals surface area contributed by atoms with E-state index in [0.717, 1.165) is 25.2 Å². The third-order valence-electron chi connectivity index (χ3n) is 5.32. The molecule has 0 saturated carbocycles. The highest BCUT2D eigenvalue weighted by atomic mass is 16.6. The first-order chi connectivity index (χ1) is 13.8. The summed E-state index contributed by atoms with van der Waals surface area (Å²) in [6.45, 7) is 11.4. The average molecular weight is 411 g/mol. The second-order valence-electron chi connectivity index (χ2n) is 7.22. The Balaban J connectivity index is 0.000000828. The minimum Gasteiger partial charge on any atom is -0.478 e. The SMILES string of the molecule is CCC(C)(CC)OCCOC(=O)c1ccc(C(=O)O)cc1.CCC(CC)CCO. The number of carbonyl (C=O) groups excluding carboxylic acids is 1. The number of carboxylic acids is 1. The fourth-order valence-corrected chi connectivity index (χ4v) is 2.59. The summed E-state index contributed by atoms with van der Waals surface area (Å²) in [5, 5.41) is 17.3. The largest absolute Gasteiger partial charge is 0.478 e. The number of hydrogen-bond donors (Lipinski definition) is 2. The molecule has 0 saturated heterocycles. The predicted octanol–water partition coefficient (Wildman–Crippen LogP) is 4.94. The highest BCUT2D eigenvalue weighted by Crippen LogP contribution is 2.18. The zero-order valence-corrected chi connectivity index (χ0v) is 18.6. The van der Waals surface area contributed by atoms with Crippen molar-refractivity contribution in [1.82, 2.24) is 0 Å². The normalized spacial score (nSPS) is 11.0. The lowest BCUT2D eigenvalue weighted by Gasteiger charge is -2.27. The van der Waals surface area contributed by atoms with Crippen molar-refractivity contribution in [3.8, 4) is 0 Å². The number of carbonyl (C=O) groups is 2. The number of ether oxygens (including phenoxy) is 2. The molecular formula is C23H38O6. The summed E-state index contributed by atoms with van der Waals surface area (Å²) >= 11 is 0. The van der Waals surface area contributed by atoms with Gasteiger partial charge in [-0.15, -0.1) is 0 Å². The summed E-state index contributed by atoms with van der Waals surface area (Å²) in [5.41, 5.74) is 0.278. The molecule has 29 heavy (non-hydrogen) atoms. The van der Waals surface area contributed by atoms with Gasteiger partial charge in [-0.1, -0.05) is 40.5 Å². The van der Waals surface area contributed by atoms with E-state index in [0.29, 0.717) is 18.8 Å². The highest BCUT2D eigenvalue weighted by Gasteiger charge is 2.20. The summed E-state index contributed by atoms with van der Waals surface area (Å²) in [5.74, 6) is -0.757. The van der Waals surface area contributed by atoms with Crippen molar-refractivity contribution in [2.75, 3.05) is 19.8 Å². The molecule has 1 rings (SSSR count). The number of hydrogen-bond acceptors (Lipinski definition) is 5. The predicted molar refractivity (Wildman–Crippen MR) is 114 cm³/mol. The molecule has 0 aliphatic carbocycles. The van der Waals surface area contributed by atoms with Crippen molar-refractivity contribution in [3.05, 3.63) is 35.4 Å². The summed E-state index contributed by atoms with van der Waals surface area (Å²) in [7, 11) is 0. The van der Waals surface area contributed by atoms with E-state index in [2.05, 4.69) is 27.7 Å². The Morgan fingerprint density at radius 2 is 1.48 bits per heavy atom. The van der Waals surface area contributed by atoms with Gasteiger partial charge in [-0.3, -0.25) is 0 Å². The lowest BCUT2D eigenvalue weighted by atomic mass is 10.0. The molecule has 1 aromatic carbocycles. The maximum atomic E-state index is 11.8. The molecule has 0 heterocycles. The number of carboxylic acid groups (broad SMARTS) is 1. The second kappa shape index (κ2) is 15.0. The van der Waals surface area contributed by atoms with Crippen LogP contribution in [0.4, 0.5) is 0 Å². The Bertz CT molecular complexity index is 574. The molecule has 0 unspecified atom stereocenters. The summed E-state index contributed by atoms with van der Waals surface area (Å²) in [4.78, 5) is 22.5. The molecule has 0 aliphatic heterocycles. The number of benzene rings is 1. The van der Waals surface area contributed by atoms with E-state index in [1.54, 1.807) is 0 Å². The van der Waals surface area contributed by atoms with Crippen LogP contribution in [0.5, 0.6) is 0 Å². The first-order valence-electron chi connectivity index (χ1n) is 10.5. The van der Waals surface area contributed by atoms with Crippen molar-refractivity contribution in [1.29, 1.82) is 0 Å². The van der Waals surface area contributed by atoms with Crippen LogP contribution in [0.25, 0.3) is 0 Å². The van der Waals surface area contributed by atoms with Crippen LogP contribution in [0.1, 0.15) is 87.4 Å². The molecule has 0 bridgehead atoms. The molecule has 6 nitrogen and oxygen atoms in total. The van der Waals surface area contributed by atoms with Gasteiger partial charge in [-0.2, -0.15) is 0 Å². The topological polar surface area (TPSA) is 93.1 Å². The third-order valence-corrected chi connectivity index (χ3v) is 5.32. The van der Waals surface area contributed by atoms with Gasteiger partial charge in [0.1, 0.15) is 6.61 Å². The van der Waals surface area contributed by atoms with Crippen LogP contribution in [0.2, 0.25) is 0 Å². The lowest BCUT2D eigenvalue weighted by molar-refractivity contribution is -0.0545. The monoisotopic (exact) mass is 410 g/mol. The summed E-state index contributed by atoms with van der Waals surface area (Å²) < 4.78 is 10.8. The first kappa shape index (κ1) is 27.1. The maximum Gasteiger partial charge on any atom is 0.338 e. The van der Waals surface area contributed by atoms with E-state index in [9.17, 15) is 9.59 Å². The number of aliphatic hydroxyl groups excluding tert-OH is 1. The second-order valence-corrected chi connectivity index (χ2v) is 7.22. The average Bonchev–Trinajstić information content (AvgIpc) is 2.75. The van der Waals surface area contributed by atoms with Crippen LogP contribution in [-0.4, -0.2) is 47.6 Å². The van der Waals surface area contributed by atoms with Gasteiger partial charge in [0, 0.05) is 6.61 Å². The van der Waals surface area contributed by atoms with E-state index >= 15 is 0 Å². The van der Waals surface area contributed by atoms with E-state index in [1.807, 2.05) is 6.92 Å². The van der Waals surface area contributed by atoms with E-state index in [4.69, 9.17) is 19.7 Å². The molecule has 0 aromatic heterocycles. The van der Waals surface area contributed by atoms with Crippen LogP contribution >= 0.6 is 0 Å². The molecule has 6 heteroatoms. The van der Waals surface area contributed by atoms with Gasteiger partial charge >= 0.3 is 11.9 Å². The molecular weight excluding hydrogens is 372 g/mol. The molecule has 0 radical (unpaired) electrons. The van der Waals surface area contributed by atoms with E-state index < -0.39 is 11.9 Å². The third kappa shape index (κ3) is 11.0. The molecule has 0 fully saturated rings. The maximum absolute atomic E-state index is 11.8. The van der Waals surface area contributed by atoms with E-state index in [1.165, 1.54) is 37.1 Å². The van der Waals surface area contributed by atoms with Gasteiger partial charge in [0.25, 0.3) is 0 Å². The summed E-state index contributed by atoms with van der Waals surface area (Å²) in [6, 6.07) is 5.63. The zero-order chi connectivity index (χ0) is 22.3. The Morgan fingerprint density at radius 1 is 0.966 bits per heavy atom. The van der Waals surface area contributed by atoms with Crippen molar-refractivity contribution in [2.45, 2.75) is 72.3 Å². The van der Waals surface area contributed by atoms with Crippen LogP contribution < -0.4 is 0 Å². The highest BCUT2D eigenvalue weighted by molar-refractivity contribution is 5.92. The van der Waals surface area contributed by atoms with Gasteiger partial charge in [0.15, 0.2) is 0 Å². The van der Waals surface area contributed by atoms with Gasteiger partial charge in [-0.25, -0.2) is 9.59 Å². The lowest BCUT2D eigenvalue weighted by Crippen LogP contribution is -2.28. The fraction of sp³-hybridized carbons (Fsp3) is 0.652. The Labute approximate surface area is 175 Å². The number of esters is 1. The van der Waals surface area contributed by atoms with Crippen molar-refractivity contribution >= 4 is 11.9 Å². The standard InChI is InChI=1S/C16H22O5.C7H16O/c1-4-16(3,5-2)21-11-10-20-15(19)13-8-6-12(7-9-13)14(17)18;1-3-7(4-2)5-6-8/h6-9H,4-5,10-11H2,1-3H3,(H,17,18);7-8H,3-6H2,1-2H3. The molecule has 2 N–H and O–H groups in total. The summed E-state index contributed by atoms with van der Waals surface area (Å²) in [6.07, 6.45) is 5.18. The molecule has 0 amide bonds. The van der Waals surface area contributed by atoms with Gasteiger partial charge < -0.3 is 19.7 Å². The van der Waals surface area contributed by atoms with Crippen LogP contribution in [0.3, 0.4) is 0 Å². The van der Waals surface area contributed by atoms with Crippen molar-refractivity contribution in [2.24, 2.45) is 5.92 Å². The smallest absolute Gasteiger partial charge is 0.338 e. The fourth-order valence-electron chi connectivity index (χ4n) is 2.59. The molecule has 0 spiro atoms. The van der Waals surface area contributed by atoms with Crippen LogP contribution in [0, 0.1) is 5.92 Å². The van der Waals surface area contributed by atoms with Gasteiger partial charge in [0.05, 0.1) is 23.3 Å². The van der Waals surface area contributed by atoms with Crippen LogP contribution in [-0.2, 0) is 9.47 Å². The van der Waals surface area contributed by atoms with Crippen molar-refractivity contribution in [3.63, 3.8) is 0 Å². The minimum atomic E-state index is -1.03. The zero-order valence-electron chi connectivity index (χ0n) is 18.6. The Kier molecular flexibility index (Phi) is 14.0. The van der Waals surface area contributed by atoms with Crippen LogP contribution in [0.15, 0.2) is 24.3 Å². The van der Waals surface area contributed by atoms with E-state index in [-0.39, 0.29) is 17.8 Å².